The number of ether oxygens (including phenoxy) is 1. The van der Waals surface area contributed by atoms with Gasteiger partial charge in [0.2, 0.25) is 0 Å². The minimum absolute atomic E-state index is 0.0460. The van der Waals surface area contributed by atoms with Crippen LogP contribution in [0.3, 0.4) is 0 Å². The van der Waals surface area contributed by atoms with Crippen LogP contribution >= 0.6 is 11.8 Å². The summed E-state index contributed by atoms with van der Waals surface area (Å²) in [5, 5.41) is 2.05. The van der Waals surface area contributed by atoms with Crippen molar-refractivity contribution in [2.24, 2.45) is 0 Å². The smallest absolute Gasteiger partial charge is 0.410 e. The maximum Gasteiger partial charge on any atom is 0.416 e. The predicted octanol–water partition coefficient (Wildman–Crippen LogP) is 4.17. The average molecular weight is 344 g/mol. The van der Waals surface area contributed by atoms with Crippen LogP contribution in [0.1, 0.15) is 13.8 Å². The number of carbonyl (C=O) groups excluding carboxylic acids is 2. The second-order valence-electron chi connectivity index (χ2n) is 6.44. The van der Waals surface area contributed by atoms with Crippen molar-refractivity contribution in [1.82, 2.24) is 9.80 Å². The lowest BCUT2D eigenvalue weighted by atomic mass is 10.1. The van der Waals surface area contributed by atoms with Crippen molar-refractivity contribution < 1.29 is 14.3 Å². The van der Waals surface area contributed by atoms with Crippen LogP contribution in [0.5, 0.6) is 5.75 Å². The van der Waals surface area contributed by atoms with Crippen LogP contribution in [0.2, 0.25) is 0 Å². The number of fused-ring (bicyclic) bond motifs is 1. The van der Waals surface area contributed by atoms with Gasteiger partial charge in [0.15, 0.2) is 0 Å². The molecule has 5 nitrogen and oxygen atoms in total. The summed E-state index contributed by atoms with van der Waals surface area (Å²) in [5.74, 6) is 0.489. The SMILES string of the molecule is CN(C(=O)Oc1ccc2ccccc2c1)[C@H]1N(C)C(=O)SC1(C)C. The fourth-order valence-corrected chi connectivity index (χ4v) is 4.26. The first-order chi connectivity index (χ1) is 11.3. The van der Waals surface area contributed by atoms with Crippen molar-refractivity contribution in [1.29, 1.82) is 0 Å². The van der Waals surface area contributed by atoms with Gasteiger partial charge in [-0.05, 0) is 36.8 Å². The van der Waals surface area contributed by atoms with E-state index >= 15 is 0 Å². The van der Waals surface area contributed by atoms with Gasteiger partial charge in [0.05, 0.1) is 4.75 Å². The molecule has 1 aliphatic rings. The van der Waals surface area contributed by atoms with Gasteiger partial charge in [-0.1, -0.05) is 42.1 Å². The molecule has 126 valence electrons. The lowest BCUT2D eigenvalue weighted by Gasteiger charge is -2.35. The zero-order chi connectivity index (χ0) is 17.5. The van der Waals surface area contributed by atoms with Crippen LogP contribution < -0.4 is 4.74 Å². The minimum atomic E-state index is -0.481. The Hall–Kier alpha value is -2.21. The van der Waals surface area contributed by atoms with E-state index in [4.69, 9.17) is 4.74 Å². The molecule has 0 radical (unpaired) electrons. The minimum Gasteiger partial charge on any atom is -0.410 e. The number of amides is 2. The number of nitrogens with zero attached hydrogens (tertiary/aromatic N) is 2. The molecule has 1 fully saturated rings. The quantitative estimate of drug-likeness (QED) is 0.820. The third-order valence-electron chi connectivity index (χ3n) is 4.21. The van der Waals surface area contributed by atoms with Crippen molar-refractivity contribution in [2.75, 3.05) is 14.1 Å². The van der Waals surface area contributed by atoms with Crippen LogP contribution in [-0.4, -0.2) is 46.1 Å². The molecule has 2 amide bonds. The summed E-state index contributed by atoms with van der Waals surface area (Å²) >= 11 is 1.23. The second kappa shape index (κ2) is 6.02. The molecule has 6 heteroatoms. The van der Waals surface area contributed by atoms with Crippen LogP contribution in [0.4, 0.5) is 9.59 Å². The molecular formula is C18H20N2O3S. The summed E-state index contributed by atoms with van der Waals surface area (Å²) in [4.78, 5) is 27.5. The Kier molecular flexibility index (Phi) is 4.17. The number of carbonyl (C=O) groups is 2. The van der Waals surface area contributed by atoms with Crippen LogP contribution in [0.25, 0.3) is 10.8 Å². The van der Waals surface area contributed by atoms with Gasteiger partial charge in [-0.25, -0.2) is 4.79 Å². The highest BCUT2D eigenvalue weighted by Crippen LogP contribution is 2.41. The molecule has 2 aromatic rings. The number of thioether (sulfide) groups is 1. The average Bonchev–Trinajstić information content (AvgIpc) is 2.74. The van der Waals surface area contributed by atoms with Gasteiger partial charge in [0, 0.05) is 14.1 Å². The number of benzene rings is 2. The second-order valence-corrected chi connectivity index (χ2v) is 8.05. The lowest BCUT2D eigenvalue weighted by Crippen LogP contribution is -2.53. The van der Waals surface area contributed by atoms with E-state index in [1.165, 1.54) is 16.7 Å². The lowest BCUT2D eigenvalue weighted by molar-refractivity contribution is 0.0898. The number of hydrogen-bond donors (Lipinski definition) is 0. The van der Waals surface area contributed by atoms with Gasteiger partial charge in [-0.15, -0.1) is 0 Å². The Morgan fingerprint density at radius 2 is 1.88 bits per heavy atom. The topological polar surface area (TPSA) is 49.9 Å². The van der Waals surface area contributed by atoms with E-state index in [-0.39, 0.29) is 11.4 Å². The summed E-state index contributed by atoms with van der Waals surface area (Å²) in [6, 6.07) is 13.4. The van der Waals surface area contributed by atoms with Crippen molar-refractivity contribution in [3.05, 3.63) is 42.5 Å². The molecule has 0 unspecified atom stereocenters. The maximum atomic E-state index is 12.5. The number of hydrogen-bond acceptors (Lipinski definition) is 4. The Morgan fingerprint density at radius 3 is 2.50 bits per heavy atom. The van der Waals surface area contributed by atoms with Gasteiger partial charge in [0.25, 0.3) is 5.24 Å². The van der Waals surface area contributed by atoms with E-state index in [0.717, 1.165) is 10.8 Å². The van der Waals surface area contributed by atoms with Crippen molar-refractivity contribution in [3.63, 3.8) is 0 Å². The normalized spacial score (nSPS) is 19.6. The Labute approximate surface area is 145 Å². The van der Waals surface area contributed by atoms with Crippen molar-refractivity contribution in [3.8, 4) is 5.75 Å². The van der Waals surface area contributed by atoms with Gasteiger partial charge >= 0.3 is 6.09 Å². The van der Waals surface area contributed by atoms with Crippen LogP contribution in [-0.2, 0) is 0 Å². The Bertz CT molecular complexity index is 806. The molecule has 3 rings (SSSR count). The van der Waals surface area contributed by atoms with Crippen molar-refractivity contribution >= 4 is 33.9 Å². The molecule has 0 N–H and O–H groups in total. The maximum absolute atomic E-state index is 12.5. The fraction of sp³-hybridized carbons (Fsp3) is 0.333. The molecule has 1 heterocycles. The molecule has 0 saturated carbocycles. The zero-order valence-electron chi connectivity index (χ0n) is 14.1. The molecule has 1 saturated heterocycles. The summed E-state index contributed by atoms with van der Waals surface area (Å²) in [5.41, 5.74) is 0. The Balaban J connectivity index is 1.79. The highest BCUT2D eigenvalue weighted by Gasteiger charge is 2.48. The van der Waals surface area contributed by atoms with E-state index in [9.17, 15) is 9.59 Å². The molecule has 1 atom stereocenters. The third-order valence-corrected chi connectivity index (χ3v) is 5.41. The standard InChI is InChI=1S/C18H20N2O3S/c1-18(2)15(20(4)17(22)24-18)19(3)16(21)23-14-10-9-12-7-5-6-8-13(12)11-14/h5-11,15H,1-4H3/t15-/m0/s1. The van der Waals surface area contributed by atoms with Gasteiger partial charge in [-0.3, -0.25) is 9.69 Å². The highest BCUT2D eigenvalue weighted by atomic mass is 32.2. The van der Waals surface area contributed by atoms with Crippen LogP contribution in [0, 0.1) is 0 Å². The van der Waals surface area contributed by atoms with Gasteiger partial charge in [-0.2, -0.15) is 0 Å². The third kappa shape index (κ3) is 2.94. The van der Waals surface area contributed by atoms with Gasteiger partial charge in [0.1, 0.15) is 11.9 Å². The zero-order valence-corrected chi connectivity index (χ0v) is 15.0. The molecule has 0 aromatic heterocycles. The molecule has 0 spiro atoms. The first kappa shape index (κ1) is 16.6. The van der Waals surface area contributed by atoms with E-state index < -0.39 is 10.8 Å². The first-order valence-electron chi connectivity index (χ1n) is 7.69. The molecule has 0 bridgehead atoms. The van der Waals surface area contributed by atoms with E-state index in [0.29, 0.717) is 5.75 Å². The molecule has 24 heavy (non-hydrogen) atoms. The largest absolute Gasteiger partial charge is 0.416 e. The summed E-state index contributed by atoms with van der Waals surface area (Å²) in [7, 11) is 3.36. The summed E-state index contributed by atoms with van der Waals surface area (Å²) in [6.07, 6.45) is -0.839. The molecule has 0 aliphatic carbocycles. The highest BCUT2D eigenvalue weighted by molar-refractivity contribution is 8.15. The molecular weight excluding hydrogens is 324 g/mol. The number of rotatable bonds is 2. The summed E-state index contributed by atoms with van der Waals surface area (Å²) in [6.45, 7) is 3.90. The van der Waals surface area contributed by atoms with E-state index in [1.54, 1.807) is 25.1 Å². The summed E-state index contributed by atoms with van der Waals surface area (Å²) < 4.78 is 5.11. The van der Waals surface area contributed by atoms with Crippen molar-refractivity contribution in [2.45, 2.75) is 24.8 Å². The van der Waals surface area contributed by atoms with Gasteiger partial charge < -0.3 is 9.64 Å². The molecule has 1 aliphatic heterocycles. The fourth-order valence-electron chi connectivity index (χ4n) is 3.15. The first-order valence-corrected chi connectivity index (χ1v) is 8.50. The molecule has 2 aromatic carbocycles. The van der Waals surface area contributed by atoms with E-state index in [2.05, 4.69) is 0 Å². The Morgan fingerprint density at radius 1 is 1.21 bits per heavy atom. The monoisotopic (exact) mass is 344 g/mol. The van der Waals surface area contributed by atoms with Crippen LogP contribution in [0.15, 0.2) is 42.5 Å². The predicted molar refractivity (Wildman–Crippen MR) is 96.4 cm³/mol. The van der Waals surface area contributed by atoms with E-state index in [1.807, 2.05) is 50.2 Å².